The van der Waals surface area contributed by atoms with Crippen molar-refractivity contribution in [2.24, 2.45) is 5.10 Å². The first kappa shape index (κ1) is 17.1. The standard InChI is InChI=1S/C21H14ClFN4/c22-15-11-9-14(10-12-15)13-24-27-21-17-6-2-4-8-19(17)25-20(26-21)16-5-1-3-7-18(16)23/h1-13H,(H,25,26,27)/b24-13+. The van der Waals surface area contributed by atoms with Crippen LogP contribution in [0, 0.1) is 5.82 Å². The zero-order valence-electron chi connectivity index (χ0n) is 14.1. The fraction of sp³-hybridized carbons (Fsp3) is 0. The van der Waals surface area contributed by atoms with Gasteiger partial charge in [0.05, 0.1) is 17.3 Å². The van der Waals surface area contributed by atoms with Crippen LogP contribution in [-0.4, -0.2) is 16.2 Å². The molecule has 132 valence electrons. The molecule has 0 atom stereocenters. The van der Waals surface area contributed by atoms with Gasteiger partial charge in [-0.15, -0.1) is 0 Å². The summed E-state index contributed by atoms with van der Waals surface area (Å²) in [5.74, 6) is 0.434. The predicted molar refractivity (Wildman–Crippen MR) is 108 cm³/mol. The van der Waals surface area contributed by atoms with Crippen molar-refractivity contribution in [2.75, 3.05) is 5.43 Å². The number of hydrogen-bond acceptors (Lipinski definition) is 4. The van der Waals surface area contributed by atoms with E-state index in [1.54, 1.807) is 36.5 Å². The Morgan fingerprint density at radius 1 is 0.889 bits per heavy atom. The number of hydrazone groups is 1. The molecule has 4 aromatic rings. The van der Waals surface area contributed by atoms with Gasteiger partial charge in [-0.1, -0.05) is 48.0 Å². The summed E-state index contributed by atoms with van der Waals surface area (Å²) >= 11 is 5.89. The zero-order chi connectivity index (χ0) is 18.6. The number of aromatic nitrogens is 2. The first-order valence-electron chi connectivity index (χ1n) is 8.27. The van der Waals surface area contributed by atoms with E-state index in [0.717, 1.165) is 10.9 Å². The van der Waals surface area contributed by atoms with Crippen molar-refractivity contribution in [3.63, 3.8) is 0 Å². The lowest BCUT2D eigenvalue weighted by Gasteiger charge is -2.08. The van der Waals surface area contributed by atoms with Crippen LogP contribution in [0.3, 0.4) is 0 Å². The van der Waals surface area contributed by atoms with Crippen molar-refractivity contribution >= 4 is 34.5 Å². The van der Waals surface area contributed by atoms with Crippen molar-refractivity contribution in [3.05, 3.63) is 89.2 Å². The van der Waals surface area contributed by atoms with Gasteiger partial charge in [-0.05, 0) is 42.0 Å². The van der Waals surface area contributed by atoms with Crippen LogP contribution in [0.4, 0.5) is 10.2 Å². The largest absolute Gasteiger partial charge is 0.261 e. The molecule has 0 fully saturated rings. The second kappa shape index (κ2) is 7.51. The van der Waals surface area contributed by atoms with Crippen molar-refractivity contribution < 1.29 is 4.39 Å². The van der Waals surface area contributed by atoms with Crippen molar-refractivity contribution in [2.45, 2.75) is 0 Å². The number of halogens is 2. The van der Waals surface area contributed by atoms with Gasteiger partial charge in [0.2, 0.25) is 0 Å². The Labute approximate surface area is 160 Å². The maximum atomic E-state index is 14.2. The van der Waals surface area contributed by atoms with Gasteiger partial charge in [0, 0.05) is 10.4 Å². The Morgan fingerprint density at radius 2 is 1.63 bits per heavy atom. The molecule has 1 aromatic heterocycles. The minimum absolute atomic E-state index is 0.302. The average Bonchev–Trinajstić information content (AvgIpc) is 2.69. The van der Waals surface area contributed by atoms with Crippen LogP contribution in [0.1, 0.15) is 5.56 Å². The highest BCUT2D eigenvalue weighted by Gasteiger charge is 2.11. The Morgan fingerprint density at radius 3 is 2.44 bits per heavy atom. The number of hydrogen-bond donors (Lipinski definition) is 1. The smallest absolute Gasteiger partial charge is 0.165 e. The van der Waals surface area contributed by atoms with E-state index in [4.69, 9.17) is 11.6 Å². The lowest BCUT2D eigenvalue weighted by Crippen LogP contribution is -2.00. The molecule has 3 aromatic carbocycles. The van der Waals surface area contributed by atoms with E-state index in [1.165, 1.54) is 6.07 Å². The summed E-state index contributed by atoms with van der Waals surface area (Å²) in [5, 5.41) is 5.71. The van der Waals surface area contributed by atoms with Gasteiger partial charge in [0.1, 0.15) is 5.82 Å². The van der Waals surface area contributed by atoms with Crippen LogP contribution in [0.15, 0.2) is 77.9 Å². The van der Waals surface area contributed by atoms with Crippen molar-refractivity contribution in [3.8, 4) is 11.4 Å². The molecule has 0 unspecified atom stereocenters. The summed E-state index contributed by atoms with van der Waals surface area (Å²) in [5.41, 5.74) is 4.88. The SMILES string of the molecule is Fc1ccccc1-c1nc(N/N=C/c2ccc(Cl)cc2)c2ccccc2n1. The average molecular weight is 377 g/mol. The Bertz CT molecular complexity index is 1130. The van der Waals surface area contributed by atoms with Crippen molar-refractivity contribution in [1.29, 1.82) is 0 Å². The number of benzene rings is 3. The molecule has 0 saturated carbocycles. The molecule has 6 heteroatoms. The second-order valence-corrected chi connectivity index (χ2v) is 6.25. The second-order valence-electron chi connectivity index (χ2n) is 5.81. The molecule has 4 nitrogen and oxygen atoms in total. The summed E-state index contributed by atoms with van der Waals surface area (Å²) in [6.07, 6.45) is 1.66. The maximum Gasteiger partial charge on any atom is 0.165 e. The molecule has 1 N–H and O–H groups in total. The van der Waals surface area contributed by atoms with Gasteiger partial charge in [-0.3, -0.25) is 5.43 Å². The van der Waals surface area contributed by atoms with Crippen LogP contribution in [0.2, 0.25) is 5.02 Å². The van der Waals surface area contributed by atoms with E-state index in [0.29, 0.717) is 27.7 Å². The monoisotopic (exact) mass is 376 g/mol. The first-order chi connectivity index (χ1) is 13.2. The van der Waals surface area contributed by atoms with Gasteiger partial charge >= 0.3 is 0 Å². The quantitative estimate of drug-likeness (QED) is 0.376. The van der Waals surface area contributed by atoms with E-state index < -0.39 is 0 Å². The highest BCUT2D eigenvalue weighted by molar-refractivity contribution is 6.30. The fourth-order valence-electron chi connectivity index (χ4n) is 2.64. The van der Waals surface area contributed by atoms with Gasteiger partial charge in [0.15, 0.2) is 11.6 Å². The van der Waals surface area contributed by atoms with Crippen LogP contribution in [0.5, 0.6) is 0 Å². The third kappa shape index (κ3) is 3.78. The molecule has 0 aliphatic rings. The van der Waals surface area contributed by atoms with E-state index in [1.807, 2.05) is 36.4 Å². The number of fused-ring (bicyclic) bond motifs is 1. The molecule has 0 aliphatic carbocycles. The summed E-state index contributed by atoms with van der Waals surface area (Å²) < 4.78 is 14.2. The number of anilines is 1. The third-order valence-electron chi connectivity index (χ3n) is 3.97. The van der Waals surface area contributed by atoms with E-state index in [9.17, 15) is 4.39 Å². The number of nitrogens with one attached hydrogen (secondary N) is 1. The molecule has 1 heterocycles. The molecule has 0 radical (unpaired) electrons. The molecule has 0 spiro atoms. The lowest BCUT2D eigenvalue weighted by atomic mass is 10.1. The van der Waals surface area contributed by atoms with Gasteiger partial charge in [-0.25, -0.2) is 14.4 Å². The Balaban J connectivity index is 1.72. The van der Waals surface area contributed by atoms with Crippen LogP contribution in [-0.2, 0) is 0 Å². The first-order valence-corrected chi connectivity index (χ1v) is 8.65. The molecule has 0 aliphatic heterocycles. The summed E-state index contributed by atoms with van der Waals surface area (Å²) in [6, 6.07) is 21.2. The molecule has 0 saturated heterocycles. The molecular weight excluding hydrogens is 363 g/mol. The zero-order valence-corrected chi connectivity index (χ0v) is 14.9. The highest BCUT2D eigenvalue weighted by Crippen LogP contribution is 2.26. The van der Waals surface area contributed by atoms with Crippen molar-refractivity contribution in [1.82, 2.24) is 9.97 Å². The molecular formula is C21H14ClFN4. The van der Waals surface area contributed by atoms with Crippen LogP contribution < -0.4 is 5.43 Å². The Kier molecular flexibility index (Phi) is 4.77. The van der Waals surface area contributed by atoms with Crippen LogP contribution >= 0.6 is 11.6 Å². The van der Waals surface area contributed by atoms with E-state index >= 15 is 0 Å². The summed E-state index contributed by atoms with van der Waals surface area (Å²) in [4.78, 5) is 8.97. The summed E-state index contributed by atoms with van der Waals surface area (Å²) in [6.45, 7) is 0. The molecule has 4 rings (SSSR count). The summed E-state index contributed by atoms with van der Waals surface area (Å²) in [7, 11) is 0. The van der Waals surface area contributed by atoms with E-state index in [-0.39, 0.29) is 5.82 Å². The van der Waals surface area contributed by atoms with Gasteiger partial charge in [-0.2, -0.15) is 5.10 Å². The molecule has 0 bridgehead atoms. The predicted octanol–water partition coefficient (Wildman–Crippen LogP) is 5.54. The maximum absolute atomic E-state index is 14.2. The molecule has 0 amide bonds. The minimum atomic E-state index is -0.372. The minimum Gasteiger partial charge on any atom is -0.261 e. The number of para-hydroxylation sites is 1. The lowest BCUT2D eigenvalue weighted by molar-refractivity contribution is 0.630. The van der Waals surface area contributed by atoms with Crippen LogP contribution in [0.25, 0.3) is 22.3 Å². The van der Waals surface area contributed by atoms with E-state index in [2.05, 4.69) is 20.5 Å². The van der Waals surface area contributed by atoms with Gasteiger partial charge < -0.3 is 0 Å². The normalized spacial score (nSPS) is 11.2. The molecule has 27 heavy (non-hydrogen) atoms. The Hall–Kier alpha value is -3.31. The highest BCUT2D eigenvalue weighted by atomic mass is 35.5. The number of nitrogens with zero attached hydrogens (tertiary/aromatic N) is 3. The third-order valence-corrected chi connectivity index (χ3v) is 4.22. The number of rotatable bonds is 4. The fourth-order valence-corrected chi connectivity index (χ4v) is 2.77. The topological polar surface area (TPSA) is 50.2 Å². The van der Waals surface area contributed by atoms with Gasteiger partial charge in [0.25, 0.3) is 0 Å².